The number of carbonyl (C=O) groups excluding carboxylic acids is 1. The fraction of sp³-hybridized carbons (Fsp3) is 0.588. The quantitative estimate of drug-likeness (QED) is 0.753. The molecule has 11 heteroatoms. The van der Waals surface area contributed by atoms with Gasteiger partial charge in [-0.05, 0) is 24.1 Å². The highest BCUT2D eigenvalue weighted by Crippen LogP contribution is 2.19. The predicted octanol–water partition coefficient (Wildman–Crippen LogP) is 3.41. The van der Waals surface area contributed by atoms with Gasteiger partial charge in [0.05, 0.1) is 6.54 Å². The zero-order chi connectivity index (χ0) is 20.8. The number of hydrogen-bond donors (Lipinski definition) is 1. The van der Waals surface area contributed by atoms with Crippen molar-refractivity contribution in [2.75, 3.05) is 39.3 Å². The normalized spacial score (nSPS) is 16.6. The third-order valence-electron chi connectivity index (χ3n) is 4.05. The molecule has 0 spiro atoms. The minimum atomic E-state index is -4.42. The Morgan fingerprint density at radius 3 is 2.25 bits per heavy atom. The molecule has 0 aromatic heterocycles. The second-order valence-corrected chi connectivity index (χ2v) is 6.44. The molecule has 5 nitrogen and oxygen atoms in total. The van der Waals surface area contributed by atoms with E-state index in [9.17, 15) is 31.1 Å². The molecule has 0 unspecified atom stereocenters. The van der Waals surface area contributed by atoms with Crippen LogP contribution >= 0.6 is 0 Å². The number of nitrogens with one attached hydrogen (secondary N) is 1. The SMILES string of the molecule is O=C(NCc1ccc(OCC(F)(F)F)cc1)N1CCCN(CC(F)(F)F)CC1. The molecular weight excluding hydrogens is 392 g/mol. The van der Waals surface area contributed by atoms with E-state index in [-0.39, 0.29) is 31.9 Å². The van der Waals surface area contributed by atoms with Crippen LogP contribution in [0.4, 0.5) is 31.1 Å². The van der Waals surface area contributed by atoms with Crippen molar-refractivity contribution in [2.24, 2.45) is 0 Å². The first-order valence-corrected chi connectivity index (χ1v) is 8.62. The molecule has 2 amide bonds. The number of alkyl halides is 6. The summed E-state index contributed by atoms with van der Waals surface area (Å²) in [5.74, 6) is 0.0599. The van der Waals surface area contributed by atoms with E-state index in [1.165, 1.54) is 34.1 Å². The molecule has 158 valence electrons. The van der Waals surface area contributed by atoms with Crippen molar-refractivity contribution in [1.82, 2.24) is 15.1 Å². The molecule has 2 rings (SSSR count). The van der Waals surface area contributed by atoms with Gasteiger partial charge in [-0.3, -0.25) is 4.90 Å². The van der Waals surface area contributed by atoms with Crippen molar-refractivity contribution < 1.29 is 35.9 Å². The Bertz CT molecular complexity index is 633. The summed E-state index contributed by atoms with van der Waals surface area (Å²) in [6.07, 6.45) is -8.25. The van der Waals surface area contributed by atoms with Crippen LogP contribution in [-0.4, -0.2) is 67.5 Å². The number of halogens is 6. The minimum absolute atomic E-state index is 0.0599. The van der Waals surface area contributed by atoms with E-state index >= 15 is 0 Å². The molecule has 0 aliphatic carbocycles. The number of rotatable bonds is 5. The zero-order valence-corrected chi connectivity index (χ0v) is 14.9. The molecule has 0 saturated carbocycles. The molecule has 0 bridgehead atoms. The van der Waals surface area contributed by atoms with E-state index in [0.29, 0.717) is 18.5 Å². The summed E-state index contributed by atoms with van der Waals surface area (Å²) in [6.45, 7) is -1.30. The predicted molar refractivity (Wildman–Crippen MR) is 88.9 cm³/mol. The third-order valence-corrected chi connectivity index (χ3v) is 4.05. The highest BCUT2D eigenvalue weighted by molar-refractivity contribution is 5.74. The number of carbonyl (C=O) groups is 1. The van der Waals surface area contributed by atoms with Crippen molar-refractivity contribution in [3.05, 3.63) is 29.8 Å². The van der Waals surface area contributed by atoms with Crippen LogP contribution in [0.15, 0.2) is 24.3 Å². The van der Waals surface area contributed by atoms with Crippen LogP contribution in [-0.2, 0) is 6.54 Å². The van der Waals surface area contributed by atoms with Crippen molar-refractivity contribution in [1.29, 1.82) is 0 Å². The van der Waals surface area contributed by atoms with Crippen molar-refractivity contribution in [2.45, 2.75) is 25.3 Å². The highest BCUT2D eigenvalue weighted by atomic mass is 19.4. The standard InChI is InChI=1S/C17H21F6N3O2/c18-16(19,20)11-25-6-1-7-26(9-8-25)15(27)24-10-13-2-4-14(5-3-13)28-12-17(21,22)23/h2-5H,1,6-12H2,(H,24,27). The Morgan fingerprint density at radius 2 is 1.64 bits per heavy atom. The lowest BCUT2D eigenvalue weighted by molar-refractivity contribution is -0.153. The Hall–Kier alpha value is -2.17. The molecule has 1 saturated heterocycles. The Labute approximate surface area is 158 Å². The van der Waals surface area contributed by atoms with Gasteiger partial charge in [-0.15, -0.1) is 0 Å². The second kappa shape index (κ2) is 9.35. The van der Waals surface area contributed by atoms with Crippen LogP contribution in [0.3, 0.4) is 0 Å². The topological polar surface area (TPSA) is 44.8 Å². The largest absolute Gasteiger partial charge is 0.484 e. The minimum Gasteiger partial charge on any atom is -0.484 e. The van der Waals surface area contributed by atoms with Crippen LogP contribution in [0.2, 0.25) is 0 Å². The monoisotopic (exact) mass is 413 g/mol. The van der Waals surface area contributed by atoms with Gasteiger partial charge >= 0.3 is 18.4 Å². The van der Waals surface area contributed by atoms with E-state index in [0.717, 1.165) is 0 Å². The maximum absolute atomic E-state index is 12.5. The molecule has 1 aromatic rings. The summed E-state index contributed by atoms with van der Waals surface area (Å²) in [6, 6.07) is 5.40. The number of amides is 2. The summed E-state index contributed by atoms with van der Waals surface area (Å²) in [7, 11) is 0. The first-order valence-electron chi connectivity index (χ1n) is 8.62. The molecule has 0 atom stereocenters. The maximum Gasteiger partial charge on any atom is 0.422 e. The lowest BCUT2D eigenvalue weighted by atomic mass is 10.2. The first-order chi connectivity index (χ1) is 13.0. The van der Waals surface area contributed by atoms with E-state index in [1.807, 2.05) is 0 Å². The van der Waals surface area contributed by atoms with Crippen molar-refractivity contribution in [3.63, 3.8) is 0 Å². The fourth-order valence-corrected chi connectivity index (χ4v) is 2.74. The zero-order valence-electron chi connectivity index (χ0n) is 14.9. The summed E-state index contributed by atoms with van der Waals surface area (Å²) >= 11 is 0. The smallest absolute Gasteiger partial charge is 0.422 e. The third kappa shape index (κ3) is 8.24. The maximum atomic E-state index is 12.5. The molecule has 1 aliphatic rings. The van der Waals surface area contributed by atoms with E-state index in [2.05, 4.69) is 10.1 Å². The van der Waals surface area contributed by atoms with Gasteiger partial charge in [-0.1, -0.05) is 12.1 Å². The van der Waals surface area contributed by atoms with Crippen LogP contribution in [0, 0.1) is 0 Å². The van der Waals surface area contributed by atoms with Gasteiger partial charge in [0.15, 0.2) is 6.61 Å². The van der Waals surface area contributed by atoms with Crippen LogP contribution < -0.4 is 10.1 Å². The molecule has 1 aromatic carbocycles. The van der Waals surface area contributed by atoms with Crippen LogP contribution in [0.25, 0.3) is 0 Å². The molecule has 1 N–H and O–H groups in total. The average Bonchev–Trinajstić information content (AvgIpc) is 2.82. The Balaban J connectivity index is 1.77. The lowest BCUT2D eigenvalue weighted by Gasteiger charge is -2.23. The Kier molecular flexibility index (Phi) is 7.39. The Morgan fingerprint density at radius 1 is 0.964 bits per heavy atom. The van der Waals surface area contributed by atoms with Crippen molar-refractivity contribution in [3.8, 4) is 5.75 Å². The highest BCUT2D eigenvalue weighted by Gasteiger charge is 2.32. The number of nitrogens with zero attached hydrogens (tertiary/aromatic N) is 2. The summed E-state index contributed by atoms with van der Waals surface area (Å²) in [4.78, 5) is 14.9. The molecule has 1 aliphatic heterocycles. The average molecular weight is 413 g/mol. The summed E-state index contributed by atoms with van der Waals surface area (Å²) in [5.41, 5.74) is 0.654. The summed E-state index contributed by atoms with van der Waals surface area (Å²) in [5, 5.41) is 2.66. The van der Waals surface area contributed by atoms with Crippen LogP contribution in [0.1, 0.15) is 12.0 Å². The van der Waals surface area contributed by atoms with Gasteiger partial charge in [-0.25, -0.2) is 4.79 Å². The number of benzene rings is 1. The van der Waals surface area contributed by atoms with Gasteiger partial charge < -0.3 is 15.0 Å². The fourth-order valence-electron chi connectivity index (χ4n) is 2.74. The molecule has 1 fully saturated rings. The number of hydrogen-bond acceptors (Lipinski definition) is 3. The van der Waals surface area contributed by atoms with E-state index < -0.39 is 31.5 Å². The number of ether oxygens (including phenoxy) is 1. The van der Waals surface area contributed by atoms with Gasteiger partial charge in [0.2, 0.25) is 0 Å². The number of urea groups is 1. The van der Waals surface area contributed by atoms with Gasteiger partial charge in [0, 0.05) is 32.7 Å². The van der Waals surface area contributed by atoms with Gasteiger partial charge in [0.25, 0.3) is 0 Å². The lowest BCUT2D eigenvalue weighted by Crippen LogP contribution is -2.42. The molecular formula is C17H21F6N3O2. The molecule has 0 radical (unpaired) electrons. The van der Waals surface area contributed by atoms with Gasteiger partial charge in [-0.2, -0.15) is 26.3 Å². The van der Waals surface area contributed by atoms with E-state index in [4.69, 9.17) is 0 Å². The first kappa shape index (κ1) is 22.1. The van der Waals surface area contributed by atoms with E-state index in [1.54, 1.807) is 0 Å². The van der Waals surface area contributed by atoms with Crippen LogP contribution in [0.5, 0.6) is 5.75 Å². The second-order valence-electron chi connectivity index (χ2n) is 6.44. The van der Waals surface area contributed by atoms with Crippen molar-refractivity contribution >= 4 is 6.03 Å². The van der Waals surface area contributed by atoms with Gasteiger partial charge in [0.1, 0.15) is 5.75 Å². The molecule has 1 heterocycles. The molecule has 28 heavy (non-hydrogen) atoms. The summed E-state index contributed by atoms with van der Waals surface area (Å²) < 4.78 is 78.3.